The van der Waals surface area contributed by atoms with Gasteiger partial charge in [-0.25, -0.2) is 0 Å². The monoisotopic (exact) mass is 268 g/mol. The van der Waals surface area contributed by atoms with Crippen molar-refractivity contribution in [2.75, 3.05) is 20.3 Å². The smallest absolute Gasteiger partial charge is 0.244 e. The van der Waals surface area contributed by atoms with Crippen molar-refractivity contribution in [3.8, 4) is 0 Å². The lowest BCUT2D eigenvalue weighted by Gasteiger charge is -2.32. The van der Waals surface area contributed by atoms with Gasteiger partial charge in [0.1, 0.15) is 0 Å². The fourth-order valence-electron chi connectivity index (χ4n) is 3.45. The topological polar surface area (TPSA) is 41.6 Å². The Morgan fingerprint density at radius 1 is 1.42 bits per heavy atom. The van der Waals surface area contributed by atoms with E-state index in [-0.39, 0.29) is 17.1 Å². The molecule has 0 aromatic rings. The number of amides is 1. The first-order chi connectivity index (χ1) is 8.90. The molecule has 0 bridgehead atoms. The third-order valence-electron chi connectivity index (χ3n) is 4.66. The number of carbonyl (C=O) groups excluding carboxylic acids is 1. The predicted molar refractivity (Wildman–Crippen MR) is 75.8 cm³/mol. The molecule has 2 rings (SSSR count). The first-order valence-corrected chi connectivity index (χ1v) is 7.48. The van der Waals surface area contributed by atoms with Crippen LogP contribution in [0.25, 0.3) is 0 Å². The van der Waals surface area contributed by atoms with E-state index in [1.54, 1.807) is 7.11 Å². The van der Waals surface area contributed by atoms with Gasteiger partial charge >= 0.3 is 0 Å². The second kappa shape index (κ2) is 5.41. The molecule has 1 N–H and O–H groups in total. The lowest BCUT2D eigenvalue weighted by Crippen LogP contribution is -2.45. The summed E-state index contributed by atoms with van der Waals surface area (Å²) >= 11 is 0. The van der Waals surface area contributed by atoms with E-state index in [2.05, 4.69) is 26.1 Å². The molecule has 0 aromatic heterocycles. The zero-order valence-corrected chi connectivity index (χ0v) is 12.8. The molecule has 110 valence electrons. The van der Waals surface area contributed by atoms with Gasteiger partial charge in [-0.15, -0.1) is 0 Å². The molecule has 1 spiro atoms. The van der Waals surface area contributed by atoms with Gasteiger partial charge in [-0.2, -0.15) is 0 Å². The van der Waals surface area contributed by atoms with Crippen molar-refractivity contribution in [3.63, 3.8) is 0 Å². The van der Waals surface area contributed by atoms with Crippen LogP contribution in [0.15, 0.2) is 0 Å². The van der Waals surface area contributed by atoms with Crippen molar-refractivity contribution in [1.29, 1.82) is 0 Å². The van der Waals surface area contributed by atoms with Gasteiger partial charge in [0.2, 0.25) is 5.91 Å². The largest absolute Gasteiger partial charge is 0.385 e. The summed E-state index contributed by atoms with van der Waals surface area (Å²) in [6.07, 6.45) is 5.50. The molecular weight excluding hydrogens is 240 g/mol. The molecule has 1 amide bonds. The first-order valence-electron chi connectivity index (χ1n) is 7.48. The molecule has 0 aromatic carbocycles. The van der Waals surface area contributed by atoms with Crippen molar-refractivity contribution in [2.45, 2.75) is 64.6 Å². The minimum Gasteiger partial charge on any atom is -0.385 e. The highest BCUT2D eigenvalue weighted by Gasteiger charge is 2.51. The van der Waals surface area contributed by atoms with Gasteiger partial charge in [0.25, 0.3) is 0 Å². The van der Waals surface area contributed by atoms with Crippen LogP contribution < -0.4 is 5.32 Å². The van der Waals surface area contributed by atoms with Crippen LogP contribution in [0.4, 0.5) is 0 Å². The highest BCUT2D eigenvalue weighted by atomic mass is 16.5. The van der Waals surface area contributed by atoms with Crippen LogP contribution in [0.1, 0.15) is 52.9 Å². The fraction of sp³-hybridized carbons (Fsp3) is 0.933. The number of carbonyl (C=O) groups is 1. The van der Waals surface area contributed by atoms with Gasteiger partial charge in [0.15, 0.2) is 0 Å². The highest BCUT2D eigenvalue weighted by molar-refractivity contribution is 5.89. The van der Waals surface area contributed by atoms with Crippen LogP contribution in [0.2, 0.25) is 0 Å². The third-order valence-corrected chi connectivity index (χ3v) is 4.66. The Bertz CT molecular complexity index is 335. The van der Waals surface area contributed by atoms with Gasteiger partial charge in [-0.1, -0.05) is 26.7 Å². The summed E-state index contributed by atoms with van der Waals surface area (Å²) in [4.78, 5) is 14.8. The van der Waals surface area contributed by atoms with Crippen LogP contribution in [-0.4, -0.2) is 42.8 Å². The minimum absolute atomic E-state index is 0.103. The van der Waals surface area contributed by atoms with Crippen LogP contribution in [0.5, 0.6) is 0 Å². The molecule has 4 nitrogen and oxygen atoms in total. The molecule has 1 saturated heterocycles. The summed E-state index contributed by atoms with van der Waals surface area (Å²) in [5.41, 5.74) is -0.136. The molecule has 19 heavy (non-hydrogen) atoms. The van der Waals surface area contributed by atoms with Crippen molar-refractivity contribution in [1.82, 2.24) is 10.2 Å². The van der Waals surface area contributed by atoms with Crippen molar-refractivity contribution < 1.29 is 9.53 Å². The van der Waals surface area contributed by atoms with Crippen LogP contribution in [0.3, 0.4) is 0 Å². The normalized spacial score (nSPS) is 26.6. The molecule has 4 heteroatoms. The SMILES string of the molecule is COCCC(C)(C)CN1C(=O)C2(CCCC2)NC1C. The summed E-state index contributed by atoms with van der Waals surface area (Å²) in [5, 5.41) is 3.55. The van der Waals surface area contributed by atoms with Gasteiger partial charge in [-0.3, -0.25) is 10.1 Å². The molecule has 1 heterocycles. The molecule has 1 aliphatic carbocycles. The Morgan fingerprint density at radius 2 is 2.05 bits per heavy atom. The maximum Gasteiger partial charge on any atom is 0.244 e. The highest BCUT2D eigenvalue weighted by Crippen LogP contribution is 2.37. The number of ether oxygens (including phenoxy) is 1. The van der Waals surface area contributed by atoms with Gasteiger partial charge in [0, 0.05) is 20.3 Å². The molecule has 2 aliphatic rings. The molecular formula is C15H28N2O2. The molecule has 1 atom stereocenters. The van der Waals surface area contributed by atoms with Crippen molar-refractivity contribution >= 4 is 5.91 Å². The first kappa shape index (κ1) is 14.8. The van der Waals surface area contributed by atoms with E-state index in [0.717, 1.165) is 32.4 Å². The minimum atomic E-state index is -0.239. The van der Waals surface area contributed by atoms with Crippen LogP contribution in [-0.2, 0) is 9.53 Å². The maximum atomic E-state index is 12.7. The van der Waals surface area contributed by atoms with E-state index < -0.39 is 0 Å². The summed E-state index contributed by atoms with van der Waals surface area (Å²) in [7, 11) is 1.73. The summed E-state index contributed by atoms with van der Waals surface area (Å²) in [6, 6.07) is 0. The van der Waals surface area contributed by atoms with Crippen molar-refractivity contribution in [3.05, 3.63) is 0 Å². The van der Waals surface area contributed by atoms with Gasteiger partial charge in [-0.05, 0) is 31.6 Å². The lowest BCUT2D eigenvalue weighted by molar-refractivity contribution is -0.134. The Kier molecular flexibility index (Phi) is 4.21. The quantitative estimate of drug-likeness (QED) is 0.830. The maximum absolute atomic E-state index is 12.7. The number of methoxy groups -OCH3 is 1. The lowest BCUT2D eigenvalue weighted by atomic mass is 9.88. The van der Waals surface area contributed by atoms with E-state index in [1.165, 1.54) is 12.8 Å². The zero-order chi connectivity index (χ0) is 14.1. The van der Waals surface area contributed by atoms with Gasteiger partial charge < -0.3 is 9.64 Å². The Balaban J connectivity index is 2.02. The number of hydrogen-bond donors (Lipinski definition) is 1. The average molecular weight is 268 g/mol. The second-order valence-electron chi connectivity index (χ2n) is 6.95. The number of rotatable bonds is 5. The Morgan fingerprint density at radius 3 is 2.63 bits per heavy atom. The van der Waals surface area contributed by atoms with Crippen LogP contribution in [0, 0.1) is 5.41 Å². The number of nitrogens with zero attached hydrogens (tertiary/aromatic N) is 1. The van der Waals surface area contributed by atoms with Crippen LogP contribution >= 0.6 is 0 Å². The van der Waals surface area contributed by atoms with E-state index in [0.29, 0.717) is 5.91 Å². The van der Waals surface area contributed by atoms with E-state index in [4.69, 9.17) is 4.74 Å². The van der Waals surface area contributed by atoms with Gasteiger partial charge in [0.05, 0.1) is 11.7 Å². The standard InChI is InChI=1S/C15H28N2O2/c1-12-16-15(7-5-6-8-15)13(18)17(12)11-14(2,3)9-10-19-4/h12,16H,5-11H2,1-4H3. The molecule has 0 radical (unpaired) electrons. The molecule has 1 saturated carbocycles. The summed E-state index contributed by atoms with van der Waals surface area (Å²) < 4.78 is 5.17. The third kappa shape index (κ3) is 2.95. The Labute approximate surface area is 116 Å². The summed E-state index contributed by atoms with van der Waals surface area (Å²) in [6.45, 7) is 8.10. The van der Waals surface area contributed by atoms with E-state index in [9.17, 15) is 4.79 Å². The average Bonchev–Trinajstić information content (AvgIpc) is 2.89. The second-order valence-corrected chi connectivity index (χ2v) is 6.95. The van der Waals surface area contributed by atoms with E-state index in [1.807, 2.05) is 4.90 Å². The molecule has 2 fully saturated rings. The predicted octanol–water partition coefficient (Wildman–Crippen LogP) is 2.14. The number of hydrogen-bond acceptors (Lipinski definition) is 3. The summed E-state index contributed by atoms with van der Waals surface area (Å²) in [5.74, 6) is 0.322. The zero-order valence-electron chi connectivity index (χ0n) is 12.8. The molecule has 1 aliphatic heterocycles. The fourth-order valence-corrected chi connectivity index (χ4v) is 3.45. The number of nitrogens with one attached hydrogen (secondary N) is 1. The molecule has 1 unspecified atom stereocenters. The van der Waals surface area contributed by atoms with Crippen molar-refractivity contribution in [2.24, 2.45) is 5.41 Å². The Hall–Kier alpha value is -0.610. The van der Waals surface area contributed by atoms with E-state index >= 15 is 0 Å².